The van der Waals surface area contributed by atoms with Crippen molar-refractivity contribution in [3.8, 4) is 0 Å². The number of sulfonamides is 1. The van der Waals surface area contributed by atoms with Crippen molar-refractivity contribution in [1.82, 2.24) is 9.62 Å². The highest BCUT2D eigenvalue weighted by Gasteiger charge is 2.35. The van der Waals surface area contributed by atoms with Crippen molar-refractivity contribution in [3.05, 3.63) is 16.3 Å². The zero-order valence-corrected chi connectivity index (χ0v) is 15.2. The van der Waals surface area contributed by atoms with Crippen LogP contribution in [0.2, 0.25) is 0 Å². The average Bonchev–Trinajstić information content (AvgIpc) is 3.01. The van der Waals surface area contributed by atoms with Gasteiger partial charge in [-0.15, -0.1) is 23.7 Å². The first-order valence-corrected chi connectivity index (χ1v) is 9.94. The topological polar surface area (TPSA) is 92.5 Å². The summed E-state index contributed by atoms with van der Waals surface area (Å²) in [6.07, 6.45) is 3.90. The average molecular weight is 380 g/mol. The molecule has 0 spiro atoms. The molecule has 0 radical (unpaired) electrons. The Labute approximate surface area is 146 Å². The zero-order valence-electron chi connectivity index (χ0n) is 12.7. The highest BCUT2D eigenvalue weighted by Crippen LogP contribution is 2.33. The number of nitrogens with one attached hydrogen (secondary N) is 1. The molecule has 1 aliphatic carbocycles. The van der Waals surface area contributed by atoms with E-state index in [0.717, 1.165) is 25.7 Å². The van der Waals surface area contributed by atoms with E-state index in [1.54, 1.807) is 5.38 Å². The molecule has 1 aromatic rings. The third-order valence-corrected chi connectivity index (χ3v) is 7.26. The predicted molar refractivity (Wildman–Crippen MR) is 92.6 cm³/mol. The van der Waals surface area contributed by atoms with Crippen molar-refractivity contribution in [2.75, 3.05) is 19.6 Å². The monoisotopic (exact) mass is 379 g/mol. The van der Waals surface area contributed by atoms with Crippen molar-refractivity contribution < 1.29 is 13.2 Å². The molecule has 2 aliphatic rings. The minimum absolute atomic E-state index is 0. The molecule has 2 fully saturated rings. The van der Waals surface area contributed by atoms with Crippen LogP contribution >= 0.6 is 23.7 Å². The van der Waals surface area contributed by atoms with E-state index >= 15 is 0 Å². The third-order valence-electron chi connectivity index (χ3n) is 4.28. The Hall–Kier alpha value is -0.670. The molecule has 1 amide bonds. The molecule has 0 aromatic carbocycles. The van der Waals surface area contributed by atoms with Gasteiger partial charge in [-0.2, -0.15) is 4.31 Å². The van der Waals surface area contributed by atoms with Gasteiger partial charge >= 0.3 is 0 Å². The van der Waals surface area contributed by atoms with Crippen LogP contribution in [0.5, 0.6) is 0 Å². The van der Waals surface area contributed by atoms with E-state index < -0.39 is 10.0 Å². The van der Waals surface area contributed by atoms with Gasteiger partial charge in [0.25, 0.3) is 5.91 Å². The molecule has 6 nitrogen and oxygen atoms in total. The van der Waals surface area contributed by atoms with Gasteiger partial charge in [-0.1, -0.05) is 0 Å². The van der Waals surface area contributed by atoms with Crippen molar-refractivity contribution in [2.24, 2.45) is 11.7 Å². The summed E-state index contributed by atoms with van der Waals surface area (Å²) in [5.41, 5.74) is 5.70. The van der Waals surface area contributed by atoms with Crippen LogP contribution in [0.15, 0.2) is 16.3 Å². The first kappa shape index (κ1) is 18.7. The summed E-state index contributed by atoms with van der Waals surface area (Å²) >= 11 is 1.17. The number of halogens is 1. The standard InChI is InChI=1S/C14H21N3O3S2.ClH/c15-9-11(10-3-4-10)16-14(18)13-12(5-8-21-13)22(19,20)17-6-1-2-7-17;/h5,8,10-11H,1-4,6-7,9,15H2,(H,16,18);1H. The van der Waals surface area contributed by atoms with Gasteiger partial charge < -0.3 is 11.1 Å². The summed E-state index contributed by atoms with van der Waals surface area (Å²) in [6.45, 7) is 1.45. The van der Waals surface area contributed by atoms with Crippen LogP contribution in [0.3, 0.4) is 0 Å². The fourth-order valence-electron chi connectivity index (χ4n) is 2.84. The van der Waals surface area contributed by atoms with Crippen LogP contribution in [-0.4, -0.2) is 44.3 Å². The SMILES string of the molecule is Cl.NCC(NC(=O)c1sccc1S(=O)(=O)N1CCCC1)C1CC1. The number of hydrogen-bond donors (Lipinski definition) is 2. The number of amides is 1. The Bertz CT molecular complexity index is 652. The lowest BCUT2D eigenvalue weighted by atomic mass is 10.2. The van der Waals surface area contributed by atoms with Crippen LogP contribution in [0.25, 0.3) is 0 Å². The number of nitrogens with zero attached hydrogens (tertiary/aromatic N) is 1. The Morgan fingerprint density at radius 2 is 2.04 bits per heavy atom. The summed E-state index contributed by atoms with van der Waals surface area (Å²) in [6, 6.07) is 1.47. The molecule has 3 rings (SSSR count). The molecular formula is C14H22ClN3O3S2. The highest BCUT2D eigenvalue weighted by atomic mass is 35.5. The molecule has 9 heteroatoms. The molecule has 1 saturated heterocycles. The lowest BCUT2D eigenvalue weighted by Gasteiger charge is -2.18. The first-order chi connectivity index (χ1) is 10.5. The van der Waals surface area contributed by atoms with E-state index in [2.05, 4.69) is 5.32 Å². The maximum atomic E-state index is 12.7. The molecule has 1 aromatic heterocycles. The summed E-state index contributed by atoms with van der Waals surface area (Å²) in [5, 5.41) is 4.56. The number of nitrogens with two attached hydrogens (primary N) is 1. The lowest BCUT2D eigenvalue weighted by molar-refractivity contribution is 0.0934. The van der Waals surface area contributed by atoms with E-state index in [-0.39, 0.29) is 34.1 Å². The maximum Gasteiger partial charge on any atom is 0.263 e. The summed E-state index contributed by atoms with van der Waals surface area (Å²) < 4.78 is 26.8. The molecule has 3 N–H and O–H groups in total. The largest absolute Gasteiger partial charge is 0.347 e. The van der Waals surface area contributed by atoms with E-state index in [1.165, 1.54) is 21.7 Å². The quantitative estimate of drug-likeness (QED) is 0.781. The molecule has 1 aliphatic heterocycles. The van der Waals surface area contributed by atoms with Crippen LogP contribution in [0.4, 0.5) is 0 Å². The van der Waals surface area contributed by atoms with Crippen molar-refractivity contribution >= 4 is 39.7 Å². The molecule has 130 valence electrons. The van der Waals surface area contributed by atoms with Gasteiger partial charge in [0.15, 0.2) is 0 Å². The van der Waals surface area contributed by atoms with Crippen LogP contribution in [0.1, 0.15) is 35.4 Å². The van der Waals surface area contributed by atoms with Crippen molar-refractivity contribution in [1.29, 1.82) is 0 Å². The molecule has 1 atom stereocenters. The molecule has 0 bridgehead atoms. The second-order valence-corrected chi connectivity index (χ2v) is 8.70. The Balaban J connectivity index is 0.00000192. The Kier molecular flexibility index (Phi) is 6.07. The number of rotatable bonds is 6. The van der Waals surface area contributed by atoms with Gasteiger partial charge in [0.2, 0.25) is 10.0 Å². The zero-order chi connectivity index (χ0) is 15.7. The minimum Gasteiger partial charge on any atom is -0.347 e. The van der Waals surface area contributed by atoms with Crippen LogP contribution in [0, 0.1) is 5.92 Å². The van der Waals surface area contributed by atoms with E-state index in [1.807, 2.05) is 0 Å². The summed E-state index contributed by atoms with van der Waals surface area (Å²) in [7, 11) is -3.57. The highest BCUT2D eigenvalue weighted by molar-refractivity contribution is 7.89. The number of thiophene rings is 1. The summed E-state index contributed by atoms with van der Waals surface area (Å²) in [5.74, 6) is 0.114. The molecular weight excluding hydrogens is 358 g/mol. The van der Waals surface area contributed by atoms with Crippen molar-refractivity contribution in [2.45, 2.75) is 36.6 Å². The molecule has 23 heavy (non-hydrogen) atoms. The molecule has 1 saturated carbocycles. The normalized spacial score (nSPS) is 20.0. The van der Waals surface area contributed by atoms with Gasteiger partial charge in [0.05, 0.1) is 0 Å². The minimum atomic E-state index is -3.57. The van der Waals surface area contributed by atoms with Gasteiger partial charge in [0.1, 0.15) is 9.77 Å². The lowest BCUT2D eigenvalue weighted by Crippen LogP contribution is -2.42. The Morgan fingerprint density at radius 1 is 1.39 bits per heavy atom. The van der Waals surface area contributed by atoms with Crippen LogP contribution < -0.4 is 11.1 Å². The third kappa shape index (κ3) is 3.88. The van der Waals surface area contributed by atoms with Gasteiger partial charge in [-0.3, -0.25) is 4.79 Å². The Morgan fingerprint density at radius 3 is 2.61 bits per heavy atom. The fraction of sp³-hybridized carbons (Fsp3) is 0.643. The number of carbonyl (C=O) groups excluding carboxylic acids is 1. The van der Waals surface area contributed by atoms with Gasteiger partial charge in [-0.25, -0.2) is 8.42 Å². The van der Waals surface area contributed by atoms with Crippen molar-refractivity contribution in [3.63, 3.8) is 0 Å². The van der Waals surface area contributed by atoms with Gasteiger partial charge in [-0.05, 0) is 43.0 Å². The number of carbonyl (C=O) groups is 1. The van der Waals surface area contributed by atoms with E-state index in [0.29, 0.717) is 25.6 Å². The second kappa shape index (κ2) is 7.48. The molecule has 2 heterocycles. The first-order valence-electron chi connectivity index (χ1n) is 7.62. The van der Waals surface area contributed by atoms with Crippen LogP contribution in [-0.2, 0) is 10.0 Å². The maximum absolute atomic E-state index is 12.7. The molecule has 1 unspecified atom stereocenters. The van der Waals surface area contributed by atoms with Gasteiger partial charge in [0, 0.05) is 25.7 Å². The van der Waals surface area contributed by atoms with E-state index in [9.17, 15) is 13.2 Å². The van der Waals surface area contributed by atoms with E-state index in [4.69, 9.17) is 5.73 Å². The number of hydrogen-bond acceptors (Lipinski definition) is 5. The fourth-order valence-corrected chi connectivity index (χ4v) is 5.66. The smallest absolute Gasteiger partial charge is 0.263 e. The summed E-state index contributed by atoms with van der Waals surface area (Å²) in [4.78, 5) is 12.8. The predicted octanol–water partition coefficient (Wildman–Crippen LogP) is 1.42. The second-order valence-electron chi connectivity index (χ2n) is 5.88.